The molecule has 0 aromatic heterocycles. The van der Waals surface area contributed by atoms with Crippen molar-refractivity contribution < 1.29 is 33.3 Å². The maximum atomic E-state index is 11.8. The molecule has 0 amide bonds. The molecule has 0 N–H and O–H groups in total. The molecular formula is C20H35BrO7. The van der Waals surface area contributed by atoms with E-state index in [0.717, 1.165) is 0 Å². The molecule has 0 aromatic carbocycles. The first-order valence-corrected chi connectivity index (χ1v) is 10.2. The molecule has 0 radical (unpaired) electrons. The van der Waals surface area contributed by atoms with Gasteiger partial charge in [0.25, 0.3) is 0 Å². The van der Waals surface area contributed by atoms with Crippen molar-refractivity contribution in [2.75, 3.05) is 26.4 Å². The summed E-state index contributed by atoms with van der Waals surface area (Å²) in [5.74, 6) is -0.758. The van der Waals surface area contributed by atoms with Gasteiger partial charge in [-0.3, -0.25) is 4.79 Å². The Bertz CT molecular complexity index is 501. The SMILES string of the molecule is C=C(C)C(=O)OCC(C)OCC(C)OCC(C)OCC(C)OC(=O)C(C)(C)Br. The summed E-state index contributed by atoms with van der Waals surface area (Å²) >= 11 is 3.27. The molecule has 0 aliphatic rings. The molecular weight excluding hydrogens is 432 g/mol. The first-order chi connectivity index (χ1) is 12.8. The minimum Gasteiger partial charge on any atom is -0.460 e. The lowest BCUT2D eigenvalue weighted by Crippen LogP contribution is -2.33. The van der Waals surface area contributed by atoms with Gasteiger partial charge in [-0.05, 0) is 48.5 Å². The van der Waals surface area contributed by atoms with E-state index in [-0.39, 0.29) is 43.6 Å². The van der Waals surface area contributed by atoms with Crippen LogP contribution in [0.3, 0.4) is 0 Å². The van der Waals surface area contributed by atoms with Crippen LogP contribution in [0.15, 0.2) is 12.2 Å². The standard InChI is InChI=1S/C20H35BrO7/c1-13(2)18(22)27-11-16(5)25-9-14(3)24-10-15(4)26-12-17(6)28-19(23)20(7,8)21/h14-17H,1,9-12H2,2-8H3. The van der Waals surface area contributed by atoms with E-state index in [1.807, 2.05) is 20.8 Å². The largest absolute Gasteiger partial charge is 0.460 e. The van der Waals surface area contributed by atoms with E-state index in [4.69, 9.17) is 23.7 Å². The lowest BCUT2D eigenvalue weighted by Gasteiger charge is -2.22. The van der Waals surface area contributed by atoms with Gasteiger partial charge in [0, 0.05) is 5.57 Å². The normalized spacial score (nSPS) is 16.0. The Morgan fingerprint density at radius 2 is 1.25 bits per heavy atom. The fourth-order valence-electron chi connectivity index (χ4n) is 1.72. The molecule has 164 valence electrons. The number of rotatable bonds is 14. The minimum absolute atomic E-state index is 0.144. The zero-order valence-corrected chi connectivity index (χ0v) is 19.7. The van der Waals surface area contributed by atoms with Crippen molar-refractivity contribution in [2.45, 2.75) is 77.2 Å². The molecule has 0 rings (SSSR count). The first-order valence-electron chi connectivity index (χ1n) is 9.40. The Labute approximate surface area is 177 Å². The number of esters is 2. The molecule has 0 saturated carbocycles. The molecule has 28 heavy (non-hydrogen) atoms. The molecule has 4 unspecified atom stereocenters. The summed E-state index contributed by atoms with van der Waals surface area (Å²) in [5, 5.41) is 0. The average molecular weight is 467 g/mol. The third-order valence-corrected chi connectivity index (χ3v) is 3.76. The molecule has 0 aliphatic heterocycles. The van der Waals surface area contributed by atoms with Crippen molar-refractivity contribution in [1.82, 2.24) is 0 Å². The summed E-state index contributed by atoms with van der Waals surface area (Å²) in [7, 11) is 0. The van der Waals surface area contributed by atoms with Gasteiger partial charge < -0.3 is 23.7 Å². The van der Waals surface area contributed by atoms with Gasteiger partial charge in [-0.25, -0.2) is 4.79 Å². The molecule has 7 nitrogen and oxygen atoms in total. The van der Waals surface area contributed by atoms with Crippen LogP contribution in [0.1, 0.15) is 48.5 Å². The summed E-state index contributed by atoms with van der Waals surface area (Å²) in [4.78, 5) is 23.1. The second kappa shape index (κ2) is 13.3. The number of carbonyl (C=O) groups excluding carboxylic acids is 2. The van der Waals surface area contributed by atoms with Crippen LogP contribution < -0.4 is 0 Å². The molecule has 0 bridgehead atoms. The van der Waals surface area contributed by atoms with Crippen LogP contribution in [0.2, 0.25) is 0 Å². The highest BCUT2D eigenvalue weighted by molar-refractivity contribution is 9.10. The summed E-state index contributed by atoms with van der Waals surface area (Å²) < 4.78 is 26.6. The first kappa shape index (κ1) is 27.0. The second-order valence-corrected chi connectivity index (χ2v) is 9.48. The molecule has 0 saturated heterocycles. The highest BCUT2D eigenvalue weighted by Crippen LogP contribution is 2.18. The number of halogens is 1. The maximum absolute atomic E-state index is 11.8. The van der Waals surface area contributed by atoms with Gasteiger partial charge in [0.05, 0.1) is 38.1 Å². The third-order valence-electron chi connectivity index (χ3n) is 3.44. The minimum atomic E-state index is -0.717. The van der Waals surface area contributed by atoms with Crippen LogP contribution in [-0.2, 0) is 33.3 Å². The fraction of sp³-hybridized carbons (Fsp3) is 0.800. The van der Waals surface area contributed by atoms with E-state index in [1.165, 1.54) is 0 Å². The van der Waals surface area contributed by atoms with Crippen molar-refractivity contribution in [3.8, 4) is 0 Å². The van der Waals surface area contributed by atoms with E-state index >= 15 is 0 Å². The Balaban J connectivity index is 3.93. The number of ether oxygens (including phenoxy) is 5. The molecule has 0 aliphatic carbocycles. The lowest BCUT2D eigenvalue weighted by molar-refractivity contribution is -0.154. The van der Waals surface area contributed by atoms with E-state index in [9.17, 15) is 9.59 Å². The summed E-state index contributed by atoms with van der Waals surface area (Å²) in [6.07, 6.45) is -0.892. The quantitative estimate of drug-likeness (QED) is 0.220. The summed E-state index contributed by atoms with van der Waals surface area (Å²) in [6.45, 7) is 17.2. The van der Waals surface area contributed by atoms with Crippen molar-refractivity contribution in [3.63, 3.8) is 0 Å². The van der Waals surface area contributed by atoms with Crippen LogP contribution in [-0.4, -0.2) is 67.1 Å². The fourth-order valence-corrected chi connectivity index (χ4v) is 1.81. The van der Waals surface area contributed by atoms with Crippen LogP contribution in [0.5, 0.6) is 0 Å². The van der Waals surface area contributed by atoms with Gasteiger partial charge in [0.1, 0.15) is 17.0 Å². The topological polar surface area (TPSA) is 80.3 Å². The lowest BCUT2D eigenvalue weighted by atomic mass is 10.2. The Kier molecular flexibility index (Phi) is 12.8. The molecule has 0 fully saturated rings. The molecule has 0 spiro atoms. The van der Waals surface area contributed by atoms with Gasteiger partial charge in [-0.2, -0.15) is 0 Å². The third kappa shape index (κ3) is 13.3. The number of hydrogen-bond donors (Lipinski definition) is 0. The average Bonchev–Trinajstić information content (AvgIpc) is 2.59. The van der Waals surface area contributed by atoms with E-state index in [0.29, 0.717) is 18.8 Å². The van der Waals surface area contributed by atoms with Gasteiger partial charge >= 0.3 is 11.9 Å². The zero-order valence-electron chi connectivity index (χ0n) is 18.1. The van der Waals surface area contributed by atoms with E-state index in [2.05, 4.69) is 22.5 Å². The zero-order chi connectivity index (χ0) is 21.9. The highest BCUT2D eigenvalue weighted by Gasteiger charge is 2.27. The monoisotopic (exact) mass is 466 g/mol. The smallest absolute Gasteiger partial charge is 0.333 e. The number of alkyl halides is 1. The molecule has 4 atom stereocenters. The summed E-state index contributed by atoms with van der Waals surface area (Å²) in [6, 6.07) is 0. The van der Waals surface area contributed by atoms with Gasteiger partial charge in [-0.15, -0.1) is 0 Å². The highest BCUT2D eigenvalue weighted by atomic mass is 79.9. The van der Waals surface area contributed by atoms with Crippen molar-refractivity contribution in [3.05, 3.63) is 12.2 Å². The van der Waals surface area contributed by atoms with E-state index in [1.54, 1.807) is 27.7 Å². The van der Waals surface area contributed by atoms with Crippen molar-refractivity contribution in [2.24, 2.45) is 0 Å². The predicted octanol–water partition coefficient (Wildman–Crippen LogP) is 3.43. The van der Waals surface area contributed by atoms with Crippen LogP contribution in [0.4, 0.5) is 0 Å². The van der Waals surface area contributed by atoms with E-state index < -0.39 is 10.3 Å². The van der Waals surface area contributed by atoms with Gasteiger partial charge in [-0.1, -0.05) is 22.5 Å². The number of hydrogen-bond acceptors (Lipinski definition) is 7. The van der Waals surface area contributed by atoms with Crippen molar-refractivity contribution in [1.29, 1.82) is 0 Å². The second-order valence-electron chi connectivity index (χ2n) is 7.50. The molecule has 0 heterocycles. The Hall–Kier alpha value is -0.960. The molecule has 8 heteroatoms. The van der Waals surface area contributed by atoms with Gasteiger partial charge in [0.2, 0.25) is 0 Å². The van der Waals surface area contributed by atoms with Crippen molar-refractivity contribution >= 4 is 27.9 Å². The van der Waals surface area contributed by atoms with Crippen LogP contribution in [0, 0.1) is 0 Å². The van der Waals surface area contributed by atoms with Gasteiger partial charge in [0.15, 0.2) is 0 Å². The van der Waals surface area contributed by atoms with Crippen LogP contribution in [0.25, 0.3) is 0 Å². The predicted molar refractivity (Wildman–Crippen MR) is 111 cm³/mol. The summed E-state index contributed by atoms with van der Waals surface area (Å²) in [5.41, 5.74) is 0.359. The maximum Gasteiger partial charge on any atom is 0.333 e. The van der Waals surface area contributed by atoms with Crippen LogP contribution >= 0.6 is 15.9 Å². The molecule has 0 aromatic rings. The number of carbonyl (C=O) groups is 2. The Morgan fingerprint density at radius 3 is 1.64 bits per heavy atom. The Morgan fingerprint density at radius 1 is 0.857 bits per heavy atom.